The zero-order valence-electron chi connectivity index (χ0n) is 11.9. The molecular formula is C17H12ClNO3S. The van der Waals surface area contributed by atoms with E-state index in [0.717, 1.165) is 10.5 Å². The number of hydrogen-bond donors (Lipinski definition) is 1. The van der Waals surface area contributed by atoms with Gasteiger partial charge in [0.1, 0.15) is 6.54 Å². The van der Waals surface area contributed by atoms with Gasteiger partial charge in [0, 0.05) is 9.92 Å². The fourth-order valence-electron chi connectivity index (χ4n) is 2.30. The number of carbonyl (C=O) groups is 2. The van der Waals surface area contributed by atoms with Crippen LogP contribution < -0.4 is 4.90 Å². The summed E-state index contributed by atoms with van der Waals surface area (Å²) < 4.78 is 0. The van der Waals surface area contributed by atoms with Crippen molar-refractivity contribution in [2.45, 2.75) is 4.90 Å². The number of para-hydroxylation sites is 1. The van der Waals surface area contributed by atoms with E-state index in [1.54, 1.807) is 36.4 Å². The molecule has 1 heterocycles. The molecule has 3 rings (SSSR count). The second-order valence-corrected chi connectivity index (χ2v) is 6.44. The maximum absolute atomic E-state index is 12.7. The highest BCUT2D eigenvalue weighted by Crippen LogP contribution is 2.41. The van der Waals surface area contributed by atoms with Crippen LogP contribution in [-0.2, 0) is 9.59 Å². The molecule has 0 radical (unpaired) electrons. The normalized spacial score (nSPS) is 15.6. The Balaban J connectivity index is 2.04. The molecule has 0 aliphatic carbocycles. The van der Waals surface area contributed by atoms with Crippen molar-refractivity contribution < 1.29 is 14.7 Å². The van der Waals surface area contributed by atoms with Gasteiger partial charge < -0.3 is 5.11 Å². The van der Waals surface area contributed by atoms with Crippen molar-refractivity contribution in [3.05, 3.63) is 64.0 Å². The van der Waals surface area contributed by atoms with Gasteiger partial charge in [0.25, 0.3) is 5.91 Å². The fraction of sp³-hybridized carbons (Fsp3) is 0.0588. The summed E-state index contributed by atoms with van der Waals surface area (Å²) in [6.07, 6.45) is 1.73. The van der Waals surface area contributed by atoms with Gasteiger partial charge in [-0.25, -0.2) is 0 Å². The smallest absolute Gasteiger partial charge is 0.323 e. The standard InChI is InChI=1S/C17H12ClNO3S/c18-12-5-3-4-11(8-12)9-15-17(22)19(10-16(20)21)13-6-1-2-7-14(13)23-15/h1-9H,10H2,(H,20,21)/b15-9+. The monoisotopic (exact) mass is 345 g/mol. The molecule has 0 fully saturated rings. The van der Waals surface area contributed by atoms with Gasteiger partial charge >= 0.3 is 5.97 Å². The van der Waals surface area contributed by atoms with Crippen LogP contribution in [0.2, 0.25) is 5.02 Å². The molecule has 1 aliphatic heterocycles. The van der Waals surface area contributed by atoms with E-state index in [2.05, 4.69) is 0 Å². The summed E-state index contributed by atoms with van der Waals surface area (Å²) in [5.74, 6) is -1.38. The highest BCUT2D eigenvalue weighted by Gasteiger charge is 2.30. The zero-order chi connectivity index (χ0) is 16.4. The SMILES string of the molecule is O=C(O)CN1C(=O)/C(=C\c2cccc(Cl)c2)Sc2ccccc21. The van der Waals surface area contributed by atoms with Gasteiger partial charge in [-0.05, 0) is 35.9 Å². The van der Waals surface area contributed by atoms with Gasteiger partial charge in [-0.3, -0.25) is 14.5 Å². The lowest BCUT2D eigenvalue weighted by atomic mass is 10.2. The van der Waals surface area contributed by atoms with Crippen molar-refractivity contribution in [2.24, 2.45) is 0 Å². The van der Waals surface area contributed by atoms with Gasteiger partial charge in [-0.15, -0.1) is 0 Å². The average molecular weight is 346 g/mol. The number of amides is 1. The highest BCUT2D eigenvalue weighted by atomic mass is 35.5. The second-order valence-electron chi connectivity index (χ2n) is 4.92. The van der Waals surface area contributed by atoms with E-state index >= 15 is 0 Å². The average Bonchev–Trinajstić information content (AvgIpc) is 2.51. The summed E-state index contributed by atoms with van der Waals surface area (Å²) >= 11 is 7.30. The number of carbonyl (C=O) groups excluding carboxylic acids is 1. The predicted octanol–water partition coefficient (Wildman–Crippen LogP) is 3.90. The van der Waals surface area contributed by atoms with E-state index < -0.39 is 5.97 Å². The number of thioether (sulfide) groups is 1. The minimum absolute atomic E-state index is 0.323. The zero-order valence-corrected chi connectivity index (χ0v) is 13.5. The minimum Gasteiger partial charge on any atom is -0.480 e. The van der Waals surface area contributed by atoms with Gasteiger partial charge in [-0.2, -0.15) is 0 Å². The molecule has 1 amide bonds. The molecular weight excluding hydrogens is 334 g/mol. The van der Waals surface area contributed by atoms with Crippen molar-refractivity contribution in [3.8, 4) is 0 Å². The van der Waals surface area contributed by atoms with Crippen molar-refractivity contribution >= 4 is 47.0 Å². The van der Waals surface area contributed by atoms with Crippen LogP contribution in [0, 0.1) is 0 Å². The van der Waals surface area contributed by atoms with Crippen molar-refractivity contribution in [1.82, 2.24) is 0 Å². The van der Waals surface area contributed by atoms with Crippen molar-refractivity contribution in [2.75, 3.05) is 11.4 Å². The number of fused-ring (bicyclic) bond motifs is 1. The summed E-state index contributed by atoms with van der Waals surface area (Å²) in [4.78, 5) is 26.3. The molecule has 2 aromatic rings. The third kappa shape index (κ3) is 3.41. The first-order chi connectivity index (χ1) is 11.0. The Morgan fingerprint density at radius 2 is 2.00 bits per heavy atom. The Morgan fingerprint density at radius 3 is 2.74 bits per heavy atom. The van der Waals surface area contributed by atoms with Crippen LogP contribution in [0.1, 0.15) is 5.56 Å². The topological polar surface area (TPSA) is 57.6 Å². The molecule has 6 heteroatoms. The molecule has 0 atom stereocenters. The van der Waals surface area contributed by atoms with E-state index in [1.807, 2.05) is 18.2 Å². The number of carboxylic acid groups (broad SMARTS) is 1. The summed E-state index contributed by atoms with van der Waals surface area (Å²) in [6, 6.07) is 14.4. The number of halogens is 1. The lowest BCUT2D eigenvalue weighted by molar-refractivity contribution is -0.136. The van der Waals surface area contributed by atoms with Gasteiger partial charge in [0.15, 0.2) is 0 Å². The van der Waals surface area contributed by atoms with Crippen LogP contribution >= 0.6 is 23.4 Å². The number of benzene rings is 2. The summed E-state index contributed by atoms with van der Waals surface area (Å²) in [5, 5.41) is 9.66. The number of anilines is 1. The van der Waals surface area contributed by atoms with Gasteiger partial charge in [0.05, 0.1) is 10.6 Å². The van der Waals surface area contributed by atoms with Crippen LogP contribution in [0.4, 0.5) is 5.69 Å². The summed E-state index contributed by atoms with van der Waals surface area (Å²) in [5.41, 5.74) is 1.41. The summed E-state index contributed by atoms with van der Waals surface area (Å²) in [6.45, 7) is -0.372. The number of nitrogens with zero attached hydrogens (tertiary/aromatic N) is 1. The Labute approximate surface area is 142 Å². The summed E-state index contributed by atoms with van der Waals surface area (Å²) in [7, 11) is 0. The van der Waals surface area contributed by atoms with E-state index in [0.29, 0.717) is 15.6 Å². The lowest BCUT2D eigenvalue weighted by Gasteiger charge is -2.28. The molecule has 23 heavy (non-hydrogen) atoms. The third-order valence-corrected chi connectivity index (χ3v) is 4.58. The Hall–Kier alpha value is -2.24. The molecule has 1 aliphatic rings. The molecule has 0 spiro atoms. The highest BCUT2D eigenvalue weighted by molar-refractivity contribution is 8.04. The van der Waals surface area contributed by atoms with Crippen LogP contribution in [0.3, 0.4) is 0 Å². The molecule has 116 valence electrons. The largest absolute Gasteiger partial charge is 0.480 e. The van der Waals surface area contributed by atoms with Crippen LogP contribution in [0.25, 0.3) is 6.08 Å². The molecule has 0 saturated carbocycles. The first-order valence-corrected chi connectivity index (χ1v) is 8.02. The molecule has 0 aromatic heterocycles. The predicted molar refractivity (Wildman–Crippen MR) is 91.7 cm³/mol. The fourth-order valence-corrected chi connectivity index (χ4v) is 3.56. The first kappa shape index (κ1) is 15.6. The number of aliphatic carboxylic acids is 1. The van der Waals surface area contributed by atoms with Crippen molar-refractivity contribution in [3.63, 3.8) is 0 Å². The molecule has 1 N–H and O–H groups in total. The van der Waals surface area contributed by atoms with Crippen LogP contribution in [0.5, 0.6) is 0 Å². The maximum Gasteiger partial charge on any atom is 0.323 e. The van der Waals surface area contributed by atoms with Gasteiger partial charge in [0.2, 0.25) is 0 Å². The Kier molecular flexibility index (Phi) is 4.41. The van der Waals surface area contributed by atoms with E-state index in [1.165, 1.54) is 16.7 Å². The number of carboxylic acids is 1. The quantitative estimate of drug-likeness (QED) is 0.857. The van der Waals surface area contributed by atoms with Gasteiger partial charge in [-0.1, -0.05) is 47.6 Å². The first-order valence-electron chi connectivity index (χ1n) is 6.82. The molecule has 0 bridgehead atoms. The van der Waals surface area contributed by atoms with E-state index in [4.69, 9.17) is 16.7 Å². The molecule has 0 unspecified atom stereocenters. The maximum atomic E-state index is 12.7. The number of hydrogen-bond acceptors (Lipinski definition) is 3. The minimum atomic E-state index is -1.05. The second kappa shape index (κ2) is 6.48. The Bertz CT molecular complexity index is 819. The van der Waals surface area contributed by atoms with Crippen molar-refractivity contribution in [1.29, 1.82) is 0 Å². The number of rotatable bonds is 3. The third-order valence-electron chi connectivity index (χ3n) is 3.27. The van der Waals surface area contributed by atoms with E-state index in [9.17, 15) is 9.59 Å². The molecule has 0 saturated heterocycles. The Morgan fingerprint density at radius 1 is 1.22 bits per heavy atom. The van der Waals surface area contributed by atoms with Crippen LogP contribution in [0.15, 0.2) is 58.3 Å². The van der Waals surface area contributed by atoms with Crippen LogP contribution in [-0.4, -0.2) is 23.5 Å². The molecule has 4 nitrogen and oxygen atoms in total. The lowest BCUT2D eigenvalue weighted by Crippen LogP contribution is -2.38. The molecule has 2 aromatic carbocycles. The van der Waals surface area contributed by atoms with E-state index in [-0.39, 0.29) is 12.5 Å².